The van der Waals surface area contributed by atoms with Gasteiger partial charge >= 0.3 is 0 Å². The van der Waals surface area contributed by atoms with Crippen LogP contribution < -0.4 is 26.8 Å². The molecule has 7 nitrogen and oxygen atoms in total. The summed E-state index contributed by atoms with van der Waals surface area (Å²) in [5, 5.41) is 10.9. The summed E-state index contributed by atoms with van der Waals surface area (Å²) in [6, 6.07) is 0.875. The summed E-state index contributed by atoms with van der Waals surface area (Å²) in [6.45, 7) is 3.31. The van der Waals surface area contributed by atoms with Crippen molar-refractivity contribution in [2.75, 3.05) is 13.7 Å². The highest BCUT2D eigenvalue weighted by Gasteiger charge is 2.44. The Labute approximate surface area is 181 Å². The molecular weight excluding hydrogens is 376 g/mol. The molecule has 170 valence electrons. The maximum atomic E-state index is 13.2. The molecule has 5 fully saturated rings. The molecule has 3 saturated carbocycles. The van der Waals surface area contributed by atoms with Crippen molar-refractivity contribution in [1.82, 2.24) is 31.7 Å². The fourth-order valence-electron chi connectivity index (χ4n) is 6.07. The van der Waals surface area contributed by atoms with Crippen molar-refractivity contribution in [3.8, 4) is 0 Å². The molecule has 6 unspecified atom stereocenters. The molecule has 7 atom stereocenters. The van der Waals surface area contributed by atoms with Crippen molar-refractivity contribution >= 4 is 5.91 Å². The highest BCUT2D eigenvalue weighted by molar-refractivity contribution is 5.82. The van der Waals surface area contributed by atoms with E-state index in [1.54, 1.807) is 0 Å². The van der Waals surface area contributed by atoms with Gasteiger partial charge < -0.3 is 5.32 Å². The van der Waals surface area contributed by atoms with E-state index in [2.05, 4.69) is 45.7 Å². The van der Waals surface area contributed by atoms with Crippen LogP contribution in [0.4, 0.5) is 0 Å². The van der Waals surface area contributed by atoms with Gasteiger partial charge in [-0.25, -0.2) is 10.9 Å². The summed E-state index contributed by atoms with van der Waals surface area (Å²) in [6.07, 6.45) is 13.0. The summed E-state index contributed by atoms with van der Waals surface area (Å²) in [5.41, 5.74) is 6.63. The lowest BCUT2D eigenvalue weighted by Gasteiger charge is -2.39. The molecule has 2 heterocycles. The average Bonchev–Trinajstić information content (AvgIpc) is 3.67. The molecule has 5 rings (SSSR count). The zero-order chi connectivity index (χ0) is 20.7. The third kappa shape index (κ3) is 5.01. The Morgan fingerprint density at radius 2 is 1.87 bits per heavy atom. The minimum Gasteiger partial charge on any atom is -0.352 e. The number of carbonyl (C=O) groups is 1. The van der Waals surface area contributed by atoms with Crippen LogP contribution in [-0.4, -0.2) is 55.0 Å². The third-order valence-electron chi connectivity index (χ3n) is 8.46. The largest absolute Gasteiger partial charge is 0.352 e. The van der Waals surface area contributed by atoms with E-state index in [0.717, 1.165) is 44.2 Å². The zero-order valence-electron chi connectivity index (χ0n) is 18.8. The van der Waals surface area contributed by atoms with E-state index in [4.69, 9.17) is 0 Å². The van der Waals surface area contributed by atoms with Crippen LogP contribution in [0.2, 0.25) is 0 Å². The van der Waals surface area contributed by atoms with E-state index >= 15 is 0 Å². The van der Waals surface area contributed by atoms with Crippen molar-refractivity contribution in [2.45, 2.75) is 102 Å². The zero-order valence-corrected chi connectivity index (χ0v) is 18.8. The highest BCUT2D eigenvalue weighted by atomic mass is 16.2. The molecule has 7 heteroatoms. The van der Waals surface area contributed by atoms with Crippen LogP contribution in [0.25, 0.3) is 0 Å². The van der Waals surface area contributed by atoms with Crippen molar-refractivity contribution in [3.05, 3.63) is 0 Å². The normalized spacial score (nSPS) is 41.5. The Hall–Kier alpha value is -0.730. The van der Waals surface area contributed by atoms with Crippen molar-refractivity contribution in [1.29, 1.82) is 0 Å². The minimum absolute atomic E-state index is 0.0114. The Kier molecular flexibility index (Phi) is 6.36. The smallest absolute Gasteiger partial charge is 0.237 e. The Morgan fingerprint density at radius 1 is 1.07 bits per heavy atom. The lowest BCUT2D eigenvalue weighted by Crippen LogP contribution is -2.64. The van der Waals surface area contributed by atoms with Gasteiger partial charge in [0, 0.05) is 12.1 Å². The van der Waals surface area contributed by atoms with Crippen LogP contribution in [-0.2, 0) is 4.79 Å². The maximum absolute atomic E-state index is 13.2. The summed E-state index contributed by atoms with van der Waals surface area (Å²) >= 11 is 0. The van der Waals surface area contributed by atoms with Crippen molar-refractivity contribution < 1.29 is 4.79 Å². The quantitative estimate of drug-likeness (QED) is 0.431. The van der Waals surface area contributed by atoms with Crippen LogP contribution in [0.1, 0.15) is 71.1 Å². The van der Waals surface area contributed by atoms with E-state index in [1.807, 2.05) is 0 Å². The van der Waals surface area contributed by atoms with Gasteiger partial charge in [0.05, 0.1) is 25.0 Å². The van der Waals surface area contributed by atoms with Gasteiger partial charge in [-0.1, -0.05) is 19.8 Å². The third-order valence-corrected chi connectivity index (χ3v) is 8.46. The predicted molar refractivity (Wildman–Crippen MR) is 118 cm³/mol. The Balaban J connectivity index is 1.13. The number of carbonyl (C=O) groups excluding carboxylic acids is 1. The average molecular weight is 419 g/mol. The molecule has 0 aromatic heterocycles. The van der Waals surface area contributed by atoms with E-state index in [9.17, 15) is 4.79 Å². The molecule has 2 aliphatic heterocycles. The van der Waals surface area contributed by atoms with Crippen LogP contribution >= 0.6 is 0 Å². The van der Waals surface area contributed by atoms with Crippen LogP contribution in [0.5, 0.6) is 0 Å². The minimum atomic E-state index is -0.0114. The summed E-state index contributed by atoms with van der Waals surface area (Å²) in [4.78, 5) is 15.6. The number of amides is 1. The maximum Gasteiger partial charge on any atom is 0.237 e. The van der Waals surface area contributed by atoms with Gasteiger partial charge in [0.15, 0.2) is 0 Å². The first-order valence-electron chi connectivity index (χ1n) is 12.6. The standard InChI is InChI=1S/C23H42N6O/c1-14(10-21-28-24-13-29(21)2)17-4-3-5-18(11-17)25-23(30)20-12-19(15-6-7-15)26-22(27-20)16-8-9-16/h14-22,24,26-28H,3-13H2,1-2H3,(H,25,30)/t14-,17?,18?,19?,20?,21?,22?/m1/s1. The van der Waals surface area contributed by atoms with Gasteiger partial charge in [-0.2, -0.15) is 0 Å². The predicted octanol–water partition coefficient (Wildman–Crippen LogP) is 1.48. The Morgan fingerprint density at radius 3 is 2.57 bits per heavy atom. The molecule has 5 N–H and O–H groups in total. The van der Waals surface area contributed by atoms with E-state index < -0.39 is 0 Å². The second-order valence-electron chi connectivity index (χ2n) is 11.0. The number of hydrogen-bond acceptors (Lipinski definition) is 6. The molecule has 3 aliphatic carbocycles. The second-order valence-corrected chi connectivity index (χ2v) is 11.0. The van der Waals surface area contributed by atoms with Gasteiger partial charge in [0.2, 0.25) is 5.91 Å². The number of nitrogens with one attached hydrogen (secondary N) is 5. The van der Waals surface area contributed by atoms with E-state index in [1.165, 1.54) is 38.5 Å². The number of rotatable bonds is 7. The van der Waals surface area contributed by atoms with Crippen molar-refractivity contribution in [3.63, 3.8) is 0 Å². The van der Waals surface area contributed by atoms with Crippen LogP contribution in [0.15, 0.2) is 0 Å². The molecular formula is C23H42N6O. The van der Waals surface area contributed by atoms with E-state index in [0.29, 0.717) is 36.3 Å². The molecule has 30 heavy (non-hydrogen) atoms. The van der Waals surface area contributed by atoms with Crippen molar-refractivity contribution in [2.24, 2.45) is 23.7 Å². The second kappa shape index (κ2) is 9.02. The van der Waals surface area contributed by atoms with Crippen LogP contribution in [0, 0.1) is 23.7 Å². The van der Waals surface area contributed by atoms with E-state index in [-0.39, 0.29) is 11.9 Å². The lowest BCUT2D eigenvalue weighted by molar-refractivity contribution is -0.125. The molecule has 2 saturated heterocycles. The van der Waals surface area contributed by atoms with Gasteiger partial charge in [0.1, 0.15) is 0 Å². The summed E-state index contributed by atoms with van der Waals surface area (Å²) in [7, 11) is 2.17. The number of hydrazine groups is 1. The molecule has 5 aliphatic rings. The molecule has 1 amide bonds. The van der Waals surface area contributed by atoms with Gasteiger partial charge in [-0.05, 0) is 82.1 Å². The summed E-state index contributed by atoms with van der Waals surface area (Å²) < 4.78 is 0. The molecule has 0 bridgehead atoms. The van der Waals surface area contributed by atoms with Gasteiger partial charge in [0.25, 0.3) is 0 Å². The first-order chi connectivity index (χ1) is 14.6. The molecule has 0 radical (unpaired) electrons. The van der Waals surface area contributed by atoms with Crippen LogP contribution in [0.3, 0.4) is 0 Å². The monoisotopic (exact) mass is 418 g/mol. The first kappa shape index (κ1) is 21.1. The number of hydrogen-bond donors (Lipinski definition) is 5. The SMILES string of the molecule is C[C@H](CC1NNCN1C)C1CCCC(NC(=O)C2CC(C3CC3)NC(C3CC3)N2)C1. The molecule has 0 spiro atoms. The molecule has 0 aromatic carbocycles. The highest BCUT2D eigenvalue weighted by Crippen LogP contribution is 2.39. The fraction of sp³-hybridized carbons (Fsp3) is 0.957. The fourth-order valence-corrected chi connectivity index (χ4v) is 6.07. The molecule has 0 aromatic rings. The Bertz CT molecular complexity index is 589. The first-order valence-corrected chi connectivity index (χ1v) is 12.6. The topological polar surface area (TPSA) is 80.5 Å². The van der Waals surface area contributed by atoms with Gasteiger partial charge in [-0.15, -0.1) is 0 Å². The summed E-state index contributed by atoms with van der Waals surface area (Å²) in [5.74, 6) is 3.17. The lowest BCUT2D eigenvalue weighted by atomic mass is 9.77. The van der Waals surface area contributed by atoms with Gasteiger partial charge in [-0.3, -0.25) is 20.3 Å². The number of nitrogens with zero attached hydrogens (tertiary/aromatic N) is 1.